The molecule has 1 amide bonds. The van der Waals surface area contributed by atoms with Crippen LogP contribution in [0.15, 0.2) is 24.3 Å². The highest BCUT2D eigenvalue weighted by atomic mass is 19.4. The molecule has 0 spiro atoms. The lowest BCUT2D eigenvalue weighted by atomic mass is 9.86. The van der Waals surface area contributed by atoms with Crippen LogP contribution in [0.2, 0.25) is 0 Å². The molecule has 1 aromatic rings. The van der Waals surface area contributed by atoms with E-state index in [-0.39, 0.29) is 18.0 Å². The van der Waals surface area contributed by atoms with Gasteiger partial charge in [-0.15, -0.1) is 13.2 Å². The summed E-state index contributed by atoms with van der Waals surface area (Å²) in [6.45, 7) is 0.922. The third-order valence-corrected chi connectivity index (χ3v) is 3.98. The Kier molecular flexibility index (Phi) is 6.24. The zero-order chi connectivity index (χ0) is 18.4. The highest BCUT2D eigenvalue weighted by Gasteiger charge is 2.31. The van der Waals surface area contributed by atoms with Gasteiger partial charge in [0, 0.05) is 25.3 Å². The minimum atomic E-state index is -4.80. The molecule has 2 N–H and O–H groups in total. The first-order valence-corrected chi connectivity index (χ1v) is 7.71. The molecule has 0 radical (unpaired) electrons. The number of nitrogens with one attached hydrogen (secondary N) is 1. The number of carbonyl (C=O) groups excluding carboxylic acids is 1. The number of carboxylic acids is 1. The molecule has 9 heteroatoms. The van der Waals surface area contributed by atoms with Crippen LogP contribution in [0, 0.1) is 11.8 Å². The molecule has 25 heavy (non-hydrogen) atoms. The van der Waals surface area contributed by atoms with Crippen LogP contribution >= 0.6 is 0 Å². The van der Waals surface area contributed by atoms with Gasteiger partial charge in [0.2, 0.25) is 0 Å². The van der Waals surface area contributed by atoms with Crippen LogP contribution in [0.4, 0.5) is 13.2 Å². The molecule has 0 bridgehead atoms. The van der Waals surface area contributed by atoms with Gasteiger partial charge in [-0.05, 0) is 43.0 Å². The van der Waals surface area contributed by atoms with Gasteiger partial charge < -0.3 is 19.9 Å². The summed E-state index contributed by atoms with van der Waals surface area (Å²) in [5, 5.41) is 11.9. The molecule has 0 saturated carbocycles. The molecule has 2 rings (SSSR count). The zero-order valence-corrected chi connectivity index (χ0v) is 13.2. The number of carboxylic acid groups (broad SMARTS) is 1. The number of aliphatic carboxylic acids is 1. The van der Waals surface area contributed by atoms with E-state index in [0.29, 0.717) is 26.1 Å². The molecule has 1 aliphatic rings. The zero-order valence-electron chi connectivity index (χ0n) is 13.2. The highest BCUT2D eigenvalue weighted by molar-refractivity contribution is 5.94. The van der Waals surface area contributed by atoms with Crippen LogP contribution < -0.4 is 10.1 Å². The number of halogens is 3. The van der Waals surface area contributed by atoms with Gasteiger partial charge in [0.25, 0.3) is 5.91 Å². The minimum Gasteiger partial charge on any atom is -0.481 e. The summed E-state index contributed by atoms with van der Waals surface area (Å²) in [5.41, 5.74) is 0.116. The molecule has 1 saturated heterocycles. The van der Waals surface area contributed by atoms with E-state index in [2.05, 4.69) is 10.1 Å². The van der Waals surface area contributed by atoms with E-state index in [4.69, 9.17) is 4.74 Å². The second kappa shape index (κ2) is 8.19. The number of hydrogen-bond acceptors (Lipinski definition) is 4. The Morgan fingerprint density at radius 3 is 2.36 bits per heavy atom. The van der Waals surface area contributed by atoms with Crippen LogP contribution in [0.3, 0.4) is 0 Å². The number of carbonyl (C=O) groups is 2. The van der Waals surface area contributed by atoms with Crippen molar-refractivity contribution >= 4 is 11.9 Å². The summed E-state index contributed by atoms with van der Waals surface area (Å²) in [4.78, 5) is 23.5. The van der Waals surface area contributed by atoms with Crippen molar-refractivity contribution in [3.8, 4) is 5.75 Å². The number of ether oxygens (including phenoxy) is 2. The molecule has 6 nitrogen and oxygen atoms in total. The monoisotopic (exact) mass is 361 g/mol. The van der Waals surface area contributed by atoms with E-state index in [1.807, 2.05) is 0 Å². The molecule has 138 valence electrons. The van der Waals surface area contributed by atoms with Crippen molar-refractivity contribution in [1.29, 1.82) is 0 Å². The van der Waals surface area contributed by atoms with Crippen LogP contribution in [-0.4, -0.2) is 43.1 Å². The molecule has 1 atom stereocenters. The van der Waals surface area contributed by atoms with E-state index < -0.39 is 29.9 Å². The van der Waals surface area contributed by atoms with Gasteiger partial charge in [0.05, 0.1) is 5.92 Å². The lowest BCUT2D eigenvalue weighted by Gasteiger charge is -2.27. The van der Waals surface area contributed by atoms with Crippen LogP contribution in [-0.2, 0) is 9.53 Å². The number of benzene rings is 1. The predicted octanol–water partition coefficient (Wildman–Crippen LogP) is 2.44. The van der Waals surface area contributed by atoms with E-state index in [1.54, 1.807) is 0 Å². The fourth-order valence-corrected chi connectivity index (χ4v) is 2.69. The Hall–Kier alpha value is -2.29. The Labute approximate surface area is 141 Å². The molecule has 0 aromatic heterocycles. The van der Waals surface area contributed by atoms with Crippen LogP contribution in [0.25, 0.3) is 0 Å². The highest BCUT2D eigenvalue weighted by Crippen LogP contribution is 2.24. The van der Waals surface area contributed by atoms with E-state index in [0.717, 1.165) is 12.1 Å². The van der Waals surface area contributed by atoms with Gasteiger partial charge in [-0.1, -0.05) is 0 Å². The van der Waals surface area contributed by atoms with Gasteiger partial charge in [0.15, 0.2) is 0 Å². The summed E-state index contributed by atoms with van der Waals surface area (Å²) in [7, 11) is 0. The summed E-state index contributed by atoms with van der Waals surface area (Å²) < 4.78 is 45.2. The van der Waals surface area contributed by atoms with Gasteiger partial charge in [-0.3, -0.25) is 9.59 Å². The molecular weight excluding hydrogens is 343 g/mol. The first-order valence-electron chi connectivity index (χ1n) is 7.71. The average molecular weight is 361 g/mol. The standard InChI is InChI=1S/C16H18F3NO5/c17-16(18,19)25-12-3-1-11(2-4-12)14(21)20-9-13(15(22)23)10-5-7-24-8-6-10/h1-4,10,13H,5-9H2,(H,20,21)(H,22,23). The lowest BCUT2D eigenvalue weighted by Crippen LogP contribution is -2.39. The third-order valence-electron chi connectivity index (χ3n) is 3.98. The van der Waals surface area contributed by atoms with E-state index in [1.165, 1.54) is 12.1 Å². The fourth-order valence-electron chi connectivity index (χ4n) is 2.69. The molecule has 1 aliphatic heterocycles. The van der Waals surface area contributed by atoms with Crippen molar-refractivity contribution in [3.05, 3.63) is 29.8 Å². The Bertz CT molecular complexity index is 597. The molecule has 1 aromatic carbocycles. The van der Waals surface area contributed by atoms with Crippen LogP contribution in [0.5, 0.6) is 5.75 Å². The topological polar surface area (TPSA) is 84.9 Å². The Balaban J connectivity index is 1.92. The molecule has 1 unspecified atom stereocenters. The summed E-state index contributed by atoms with van der Waals surface area (Å²) >= 11 is 0. The van der Waals surface area contributed by atoms with Crippen molar-refractivity contribution in [3.63, 3.8) is 0 Å². The summed E-state index contributed by atoms with van der Waals surface area (Å²) in [5.74, 6) is -2.82. The van der Waals surface area contributed by atoms with Crippen molar-refractivity contribution in [2.24, 2.45) is 11.8 Å². The van der Waals surface area contributed by atoms with Crippen molar-refractivity contribution in [2.75, 3.05) is 19.8 Å². The minimum absolute atomic E-state index is 0.0559. The number of alkyl halides is 3. The molecule has 1 heterocycles. The maximum atomic E-state index is 12.1. The lowest BCUT2D eigenvalue weighted by molar-refractivity contribution is -0.274. The number of amides is 1. The third kappa shape index (κ3) is 5.93. The summed E-state index contributed by atoms with van der Waals surface area (Å²) in [6.07, 6.45) is -3.59. The van der Waals surface area contributed by atoms with E-state index in [9.17, 15) is 27.9 Å². The maximum Gasteiger partial charge on any atom is 0.573 e. The van der Waals surface area contributed by atoms with Gasteiger partial charge >= 0.3 is 12.3 Å². The quantitative estimate of drug-likeness (QED) is 0.813. The van der Waals surface area contributed by atoms with Crippen molar-refractivity contribution < 1.29 is 37.3 Å². The normalized spacial score (nSPS) is 16.9. The van der Waals surface area contributed by atoms with Gasteiger partial charge in [-0.2, -0.15) is 0 Å². The van der Waals surface area contributed by atoms with Gasteiger partial charge in [0.1, 0.15) is 5.75 Å². The number of hydrogen-bond donors (Lipinski definition) is 2. The average Bonchev–Trinajstić information content (AvgIpc) is 2.54. The van der Waals surface area contributed by atoms with Crippen LogP contribution in [0.1, 0.15) is 23.2 Å². The maximum absolute atomic E-state index is 12.1. The molecular formula is C16H18F3NO5. The van der Waals surface area contributed by atoms with E-state index >= 15 is 0 Å². The largest absolute Gasteiger partial charge is 0.573 e. The Morgan fingerprint density at radius 1 is 1.24 bits per heavy atom. The fraction of sp³-hybridized carbons (Fsp3) is 0.500. The first-order chi connectivity index (χ1) is 11.8. The predicted molar refractivity (Wildman–Crippen MR) is 80.1 cm³/mol. The van der Waals surface area contributed by atoms with Gasteiger partial charge in [-0.25, -0.2) is 0 Å². The summed E-state index contributed by atoms with van der Waals surface area (Å²) in [6, 6.07) is 4.41. The van der Waals surface area contributed by atoms with Crippen molar-refractivity contribution in [1.82, 2.24) is 5.32 Å². The SMILES string of the molecule is O=C(NCC(C(=O)O)C1CCOCC1)c1ccc(OC(F)(F)F)cc1. The Morgan fingerprint density at radius 2 is 1.84 bits per heavy atom. The smallest absolute Gasteiger partial charge is 0.481 e. The van der Waals surface area contributed by atoms with Crippen molar-refractivity contribution in [2.45, 2.75) is 19.2 Å². The second-order valence-electron chi connectivity index (χ2n) is 5.68. The molecule has 0 aliphatic carbocycles. The first kappa shape index (κ1) is 19.0. The number of rotatable bonds is 6. The molecule has 1 fully saturated rings. The second-order valence-corrected chi connectivity index (χ2v) is 5.68.